The molecule has 0 aromatic heterocycles. The van der Waals surface area contributed by atoms with E-state index in [-0.39, 0.29) is 18.4 Å². The fourth-order valence-electron chi connectivity index (χ4n) is 2.32. The van der Waals surface area contributed by atoms with Crippen molar-refractivity contribution in [2.45, 2.75) is 27.2 Å². The third-order valence-electron chi connectivity index (χ3n) is 3.68. The molecule has 2 N–H and O–H groups in total. The molecule has 0 spiro atoms. The predicted molar refractivity (Wildman–Crippen MR) is 99.1 cm³/mol. The Labute approximate surface area is 148 Å². The van der Waals surface area contributed by atoms with Crippen molar-refractivity contribution in [2.75, 3.05) is 18.5 Å². The van der Waals surface area contributed by atoms with Crippen molar-refractivity contribution in [1.82, 2.24) is 5.32 Å². The Balaban J connectivity index is 2.01. The molecule has 2 aromatic rings. The summed E-state index contributed by atoms with van der Waals surface area (Å²) >= 11 is 0. The summed E-state index contributed by atoms with van der Waals surface area (Å²) in [5.41, 5.74) is 2.96. The largest absolute Gasteiger partial charge is 0.483 e. The summed E-state index contributed by atoms with van der Waals surface area (Å²) in [4.78, 5) is 24.4. The van der Waals surface area contributed by atoms with E-state index in [1.54, 1.807) is 24.3 Å². The highest BCUT2D eigenvalue weighted by atomic mass is 16.5. The zero-order valence-electron chi connectivity index (χ0n) is 14.9. The fourth-order valence-corrected chi connectivity index (χ4v) is 2.32. The van der Waals surface area contributed by atoms with Gasteiger partial charge in [0.1, 0.15) is 5.75 Å². The van der Waals surface area contributed by atoms with Crippen LogP contribution >= 0.6 is 0 Å². The van der Waals surface area contributed by atoms with E-state index in [4.69, 9.17) is 4.74 Å². The summed E-state index contributed by atoms with van der Waals surface area (Å²) in [5, 5.41) is 5.56. The van der Waals surface area contributed by atoms with Gasteiger partial charge in [-0.15, -0.1) is 0 Å². The van der Waals surface area contributed by atoms with Crippen LogP contribution < -0.4 is 15.4 Å². The van der Waals surface area contributed by atoms with Crippen LogP contribution in [-0.2, 0) is 4.79 Å². The monoisotopic (exact) mass is 340 g/mol. The molecule has 0 radical (unpaired) electrons. The Morgan fingerprint density at radius 3 is 2.60 bits per heavy atom. The summed E-state index contributed by atoms with van der Waals surface area (Å²) in [7, 11) is 0. The number of aryl methyl sites for hydroxylation is 2. The quantitative estimate of drug-likeness (QED) is 0.811. The van der Waals surface area contributed by atoms with Gasteiger partial charge in [-0.2, -0.15) is 0 Å². The lowest BCUT2D eigenvalue weighted by Gasteiger charge is -2.13. The first-order chi connectivity index (χ1) is 12.0. The summed E-state index contributed by atoms with van der Waals surface area (Å²) in [6.45, 7) is 6.36. The van der Waals surface area contributed by atoms with Crippen molar-refractivity contribution < 1.29 is 14.3 Å². The first-order valence-corrected chi connectivity index (χ1v) is 8.38. The number of hydrogen-bond acceptors (Lipinski definition) is 3. The van der Waals surface area contributed by atoms with Crippen LogP contribution in [0.25, 0.3) is 0 Å². The molecule has 132 valence electrons. The van der Waals surface area contributed by atoms with Crippen molar-refractivity contribution in [3.05, 3.63) is 59.2 Å². The first-order valence-electron chi connectivity index (χ1n) is 8.38. The number of ether oxygens (including phenoxy) is 1. The molecule has 2 amide bonds. The lowest BCUT2D eigenvalue weighted by molar-refractivity contribution is -0.118. The average molecular weight is 340 g/mol. The first kappa shape index (κ1) is 18.5. The highest BCUT2D eigenvalue weighted by Gasteiger charge is 2.13. The summed E-state index contributed by atoms with van der Waals surface area (Å²) in [6, 6.07) is 12.8. The number of nitrogens with one attached hydrogen (secondary N) is 2. The molecule has 0 atom stereocenters. The lowest BCUT2D eigenvalue weighted by Crippen LogP contribution is -2.27. The molecule has 0 saturated heterocycles. The Hall–Kier alpha value is -2.82. The SMILES string of the molecule is CCCNC(=O)c1ccccc1NC(=O)COc1cc(C)ccc1C. The predicted octanol–water partition coefficient (Wildman–Crippen LogP) is 3.46. The number of para-hydroxylation sites is 1. The van der Waals surface area contributed by atoms with Crippen molar-refractivity contribution in [3.63, 3.8) is 0 Å². The van der Waals surface area contributed by atoms with E-state index in [2.05, 4.69) is 10.6 Å². The molecular formula is C20H24N2O3. The minimum atomic E-state index is -0.309. The van der Waals surface area contributed by atoms with Crippen LogP contribution in [-0.4, -0.2) is 25.0 Å². The molecule has 0 fully saturated rings. The van der Waals surface area contributed by atoms with E-state index >= 15 is 0 Å². The maximum Gasteiger partial charge on any atom is 0.262 e. The number of hydrogen-bond donors (Lipinski definition) is 2. The second-order valence-electron chi connectivity index (χ2n) is 5.91. The van der Waals surface area contributed by atoms with Gasteiger partial charge in [0.15, 0.2) is 6.61 Å². The third-order valence-corrected chi connectivity index (χ3v) is 3.68. The van der Waals surface area contributed by atoms with Crippen LogP contribution in [0.5, 0.6) is 5.75 Å². The van der Waals surface area contributed by atoms with Gasteiger partial charge in [0.05, 0.1) is 11.3 Å². The van der Waals surface area contributed by atoms with Gasteiger partial charge >= 0.3 is 0 Å². The molecule has 2 aromatic carbocycles. The Morgan fingerprint density at radius 2 is 1.84 bits per heavy atom. The molecule has 2 rings (SSSR count). The standard InChI is InChI=1S/C20H24N2O3/c1-4-11-21-20(24)16-7-5-6-8-17(16)22-19(23)13-25-18-12-14(2)9-10-15(18)3/h5-10,12H,4,11,13H2,1-3H3,(H,21,24)(H,22,23). The fraction of sp³-hybridized carbons (Fsp3) is 0.300. The van der Waals surface area contributed by atoms with E-state index in [0.717, 1.165) is 17.5 Å². The van der Waals surface area contributed by atoms with Gasteiger partial charge in [0.2, 0.25) is 0 Å². The summed E-state index contributed by atoms with van der Waals surface area (Å²) < 4.78 is 5.60. The zero-order chi connectivity index (χ0) is 18.2. The topological polar surface area (TPSA) is 67.4 Å². The average Bonchev–Trinajstić information content (AvgIpc) is 2.61. The van der Waals surface area contributed by atoms with Crippen LogP contribution in [0.15, 0.2) is 42.5 Å². The zero-order valence-corrected chi connectivity index (χ0v) is 14.9. The maximum atomic E-state index is 12.2. The summed E-state index contributed by atoms with van der Waals surface area (Å²) in [6.07, 6.45) is 0.851. The van der Waals surface area contributed by atoms with E-state index in [9.17, 15) is 9.59 Å². The number of amides is 2. The minimum absolute atomic E-state index is 0.116. The van der Waals surface area contributed by atoms with Gasteiger partial charge in [-0.1, -0.05) is 31.2 Å². The van der Waals surface area contributed by atoms with E-state index < -0.39 is 0 Å². The Morgan fingerprint density at radius 1 is 1.08 bits per heavy atom. The molecule has 0 unspecified atom stereocenters. The van der Waals surface area contributed by atoms with Gasteiger partial charge in [-0.3, -0.25) is 9.59 Å². The number of anilines is 1. The highest BCUT2D eigenvalue weighted by molar-refractivity contribution is 6.04. The molecule has 5 nitrogen and oxygen atoms in total. The molecule has 0 bridgehead atoms. The molecule has 0 aliphatic carbocycles. The minimum Gasteiger partial charge on any atom is -0.483 e. The van der Waals surface area contributed by atoms with E-state index in [0.29, 0.717) is 23.5 Å². The van der Waals surface area contributed by atoms with E-state index in [1.165, 1.54) is 0 Å². The molecular weight excluding hydrogens is 316 g/mol. The second kappa shape index (κ2) is 8.87. The van der Waals surface area contributed by atoms with Crippen molar-refractivity contribution in [1.29, 1.82) is 0 Å². The number of benzene rings is 2. The van der Waals surface area contributed by atoms with Crippen molar-refractivity contribution in [3.8, 4) is 5.75 Å². The molecule has 0 saturated carbocycles. The molecule has 0 aliphatic rings. The Kier molecular flexibility index (Phi) is 6.57. The van der Waals surface area contributed by atoms with Crippen LogP contribution in [0.2, 0.25) is 0 Å². The van der Waals surface area contributed by atoms with E-state index in [1.807, 2.05) is 39.0 Å². The van der Waals surface area contributed by atoms with Gasteiger partial charge < -0.3 is 15.4 Å². The van der Waals surface area contributed by atoms with Crippen molar-refractivity contribution in [2.24, 2.45) is 0 Å². The van der Waals surface area contributed by atoms with Gasteiger partial charge in [0.25, 0.3) is 11.8 Å². The number of carbonyl (C=O) groups is 2. The van der Waals surface area contributed by atoms with Crippen molar-refractivity contribution >= 4 is 17.5 Å². The van der Waals surface area contributed by atoms with Gasteiger partial charge in [-0.25, -0.2) is 0 Å². The molecule has 25 heavy (non-hydrogen) atoms. The Bertz CT molecular complexity index is 756. The third kappa shape index (κ3) is 5.35. The maximum absolute atomic E-state index is 12.2. The summed E-state index contributed by atoms with van der Waals surface area (Å²) in [5.74, 6) is 0.175. The van der Waals surface area contributed by atoms with Gasteiger partial charge in [-0.05, 0) is 49.6 Å². The van der Waals surface area contributed by atoms with Crippen LogP contribution in [0.4, 0.5) is 5.69 Å². The number of carbonyl (C=O) groups excluding carboxylic acids is 2. The smallest absolute Gasteiger partial charge is 0.262 e. The molecule has 0 heterocycles. The molecule has 0 aliphatic heterocycles. The lowest BCUT2D eigenvalue weighted by atomic mass is 10.1. The number of rotatable bonds is 7. The van der Waals surface area contributed by atoms with Crippen LogP contribution in [0, 0.1) is 13.8 Å². The second-order valence-corrected chi connectivity index (χ2v) is 5.91. The van der Waals surface area contributed by atoms with Gasteiger partial charge in [0, 0.05) is 6.54 Å². The molecule has 5 heteroatoms. The van der Waals surface area contributed by atoms with Crippen LogP contribution in [0.3, 0.4) is 0 Å². The highest BCUT2D eigenvalue weighted by Crippen LogP contribution is 2.19. The van der Waals surface area contributed by atoms with Crippen LogP contribution in [0.1, 0.15) is 34.8 Å². The normalized spacial score (nSPS) is 10.2.